The van der Waals surface area contributed by atoms with Crippen LogP contribution < -0.4 is 10.2 Å². The molecule has 1 saturated heterocycles. The van der Waals surface area contributed by atoms with E-state index >= 15 is 0 Å². The third-order valence-corrected chi connectivity index (χ3v) is 8.14. The zero-order valence-electron chi connectivity index (χ0n) is 18.3. The molecule has 1 atom stereocenters. The molecule has 1 aliphatic carbocycles. The first kappa shape index (κ1) is 23.7. The van der Waals surface area contributed by atoms with Crippen molar-refractivity contribution < 1.29 is 22.4 Å². The summed E-state index contributed by atoms with van der Waals surface area (Å²) >= 11 is 0. The van der Waals surface area contributed by atoms with Crippen molar-refractivity contribution in [3.63, 3.8) is 0 Å². The van der Waals surface area contributed by atoms with E-state index in [0.29, 0.717) is 6.42 Å². The van der Waals surface area contributed by atoms with Gasteiger partial charge in [-0.25, -0.2) is 12.8 Å². The summed E-state index contributed by atoms with van der Waals surface area (Å²) in [5.74, 6) is -1.81. The number of benzene rings is 1. The number of hydrogen-bond donors (Lipinski definition) is 1. The van der Waals surface area contributed by atoms with E-state index < -0.39 is 39.7 Å². The maximum absolute atomic E-state index is 14.7. The second kappa shape index (κ2) is 9.65. The van der Waals surface area contributed by atoms with Gasteiger partial charge in [0.25, 0.3) is 0 Å². The van der Waals surface area contributed by atoms with E-state index in [2.05, 4.69) is 5.32 Å². The summed E-state index contributed by atoms with van der Waals surface area (Å²) < 4.78 is 41.2. The van der Waals surface area contributed by atoms with E-state index in [-0.39, 0.29) is 24.0 Å². The Hall–Kier alpha value is -2.00. The van der Waals surface area contributed by atoms with E-state index in [4.69, 9.17) is 0 Å². The Labute approximate surface area is 184 Å². The van der Waals surface area contributed by atoms with Crippen LogP contribution in [0.4, 0.5) is 10.1 Å². The third-order valence-electron chi connectivity index (χ3n) is 6.17. The maximum Gasteiger partial charge on any atom is 0.247 e. The molecular weight excluding hydrogens is 421 g/mol. The largest absolute Gasteiger partial charge is 0.351 e. The van der Waals surface area contributed by atoms with Crippen molar-refractivity contribution in [2.75, 3.05) is 23.7 Å². The van der Waals surface area contributed by atoms with Gasteiger partial charge in [0.2, 0.25) is 21.8 Å². The third kappa shape index (κ3) is 5.09. The van der Waals surface area contributed by atoms with Crippen LogP contribution in [0.2, 0.25) is 0 Å². The van der Waals surface area contributed by atoms with Gasteiger partial charge < -0.3 is 5.32 Å². The highest BCUT2D eigenvalue weighted by molar-refractivity contribution is 7.89. The Kier molecular flexibility index (Phi) is 7.36. The fourth-order valence-corrected chi connectivity index (χ4v) is 6.05. The number of halogens is 1. The lowest BCUT2D eigenvalue weighted by molar-refractivity contribution is -0.133. The number of piperazine rings is 1. The molecule has 2 amide bonds. The van der Waals surface area contributed by atoms with E-state index in [9.17, 15) is 22.4 Å². The number of anilines is 1. The minimum absolute atomic E-state index is 0.0152. The van der Waals surface area contributed by atoms with Crippen LogP contribution in [0, 0.1) is 5.82 Å². The molecule has 0 bridgehead atoms. The highest BCUT2D eigenvalue weighted by Crippen LogP contribution is 2.33. The Bertz CT molecular complexity index is 915. The van der Waals surface area contributed by atoms with Crippen LogP contribution in [0.3, 0.4) is 0 Å². The van der Waals surface area contributed by atoms with Gasteiger partial charge >= 0.3 is 0 Å². The van der Waals surface area contributed by atoms with Gasteiger partial charge in [-0.15, -0.1) is 0 Å². The van der Waals surface area contributed by atoms with Gasteiger partial charge in [-0.1, -0.05) is 44.7 Å². The molecule has 1 aliphatic heterocycles. The topological polar surface area (TPSA) is 86.8 Å². The molecule has 31 heavy (non-hydrogen) atoms. The highest BCUT2D eigenvalue weighted by atomic mass is 32.2. The maximum atomic E-state index is 14.7. The lowest BCUT2D eigenvalue weighted by Crippen LogP contribution is -2.71. The molecule has 1 N–H and O–H groups in total. The first-order chi connectivity index (χ1) is 14.7. The van der Waals surface area contributed by atoms with Gasteiger partial charge in [-0.05, 0) is 38.3 Å². The minimum atomic E-state index is -3.71. The first-order valence-electron chi connectivity index (χ1n) is 11.1. The van der Waals surface area contributed by atoms with Crippen LogP contribution in [0.25, 0.3) is 0 Å². The number of carbonyl (C=O) groups is 2. The molecule has 7 nitrogen and oxygen atoms in total. The Balaban J connectivity index is 1.98. The average Bonchev–Trinajstić information content (AvgIpc) is 2.97. The fourth-order valence-electron chi connectivity index (χ4n) is 4.52. The lowest BCUT2D eigenvalue weighted by Gasteiger charge is -2.47. The quantitative estimate of drug-likeness (QED) is 0.671. The van der Waals surface area contributed by atoms with Crippen molar-refractivity contribution in [1.82, 2.24) is 9.62 Å². The summed E-state index contributed by atoms with van der Waals surface area (Å²) in [7, 11) is -3.71. The Morgan fingerprint density at radius 3 is 2.45 bits per heavy atom. The number of para-hydroxylation sites is 1. The average molecular weight is 454 g/mol. The van der Waals surface area contributed by atoms with Crippen LogP contribution in [0.15, 0.2) is 24.3 Å². The molecule has 2 aliphatic rings. The van der Waals surface area contributed by atoms with E-state index in [0.717, 1.165) is 47.7 Å². The van der Waals surface area contributed by atoms with Gasteiger partial charge in [-0.2, -0.15) is 4.31 Å². The number of carbonyl (C=O) groups excluding carboxylic acids is 2. The molecular formula is C22H32FN3O4S. The molecule has 0 aromatic heterocycles. The molecule has 2 fully saturated rings. The predicted molar refractivity (Wildman–Crippen MR) is 118 cm³/mol. The fraction of sp³-hybridized carbons (Fsp3) is 0.636. The van der Waals surface area contributed by atoms with Gasteiger partial charge in [0.15, 0.2) is 0 Å². The van der Waals surface area contributed by atoms with Crippen LogP contribution in [-0.2, 0) is 19.6 Å². The van der Waals surface area contributed by atoms with Crippen LogP contribution in [-0.4, -0.2) is 55.0 Å². The first-order valence-corrected chi connectivity index (χ1v) is 12.7. The second-order valence-electron chi connectivity index (χ2n) is 8.70. The van der Waals surface area contributed by atoms with E-state index in [1.54, 1.807) is 13.0 Å². The molecule has 1 aromatic carbocycles. The minimum Gasteiger partial charge on any atom is -0.351 e. The van der Waals surface area contributed by atoms with Crippen LogP contribution >= 0.6 is 0 Å². The summed E-state index contributed by atoms with van der Waals surface area (Å²) in [5, 5.41) is 3.04. The number of nitrogens with zero attached hydrogens (tertiary/aromatic N) is 2. The van der Waals surface area contributed by atoms with Crippen molar-refractivity contribution in [3.05, 3.63) is 30.1 Å². The summed E-state index contributed by atoms with van der Waals surface area (Å²) in [6.45, 7) is 2.64. The number of nitrogens with one attached hydrogen (secondary N) is 1. The smallest absolute Gasteiger partial charge is 0.247 e. The van der Waals surface area contributed by atoms with Gasteiger partial charge in [0.05, 0.1) is 18.0 Å². The summed E-state index contributed by atoms with van der Waals surface area (Å²) in [4.78, 5) is 27.8. The van der Waals surface area contributed by atoms with Crippen molar-refractivity contribution in [1.29, 1.82) is 0 Å². The van der Waals surface area contributed by atoms with Gasteiger partial charge in [0.1, 0.15) is 11.4 Å². The zero-order chi connectivity index (χ0) is 22.6. The summed E-state index contributed by atoms with van der Waals surface area (Å²) in [6, 6.07) is 5.74. The molecule has 3 rings (SSSR count). The molecule has 0 radical (unpaired) electrons. The SMILES string of the molecule is CCCS(=O)(=O)N1CC(=O)N(c2ccccc2F)C(C)(C(=O)NC2CCCCCC2)C1. The van der Waals surface area contributed by atoms with Gasteiger partial charge in [-0.3, -0.25) is 14.5 Å². The summed E-state index contributed by atoms with van der Waals surface area (Å²) in [6.07, 6.45) is 6.33. The van der Waals surface area contributed by atoms with Crippen LogP contribution in [0.1, 0.15) is 58.8 Å². The van der Waals surface area contributed by atoms with Crippen molar-refractivity contribution in [3.8, 4) is 0 Å². The van der Waals surface area contributed by atoms with E-state index in [1.807, 2.05) is 0 Å². The molecule has 172 valence electrons. The number of hydrogen-bond acceptors (Lipinski definition) is 4. The number of amides is 2. The number of rotatable bonds is 6. The predicted octanol–water partition coefficient (Wildman–Crippen LogP) is 2.81. The monoisotopic (exact) mass is 453 g/mol. The molecule has 0 spiro atoms. The summed E-state index contributed by atoms with van der Waals surface area (Å²) in [5.41, 5.74) is -1.58. The normalized spacial score (nSPS) is 24.1. The Morgan fingerprint density at radius 1 is 1.19 bits per heavy atom. The van der Waals surface area contributed by atoms with Crippen molar-refractivity contribution in [2.24, 2.45) is 0 Å². The van der Waals surface area contributed by atoms with E-state index in [1.165, 1.54) is 25.1 Å². The lowest BCUT2D eigenvalue weighted by atomic mass is 9.93. The van der Waals surface area contributed by atoms with Gasteiger partial charge in [0, 0.05) is 12.6 Å². The molecule has 1 saturated carbocycles. The highest BCUT2D eigenvalue weighted by Gasteiger charge is 2.51. The molecule has 1 aromatic rings. The zero-order valence-corrected chi connectivity index (χ0v) is 19.1. The molecule has 1 heterocycles. The second-order valence-corrected chi connectivity index (χ2v) is 10.8. The molecule has 9 heteroatoms. The van der Waals surface area contributed by atoms with Crippen molar-refractivity contribution in [2.45, 2.75) is 70.4 Å². The van der Waals surface area contributed by atoms with Crippen LogP contribution in [0.5, 0.6) is 0 Å². The molecule has 1 unspecified atom stereocenters. The Morgan fingerprint density at radius 2 is 1.84 bits per heavy atom. The standard InChI is InChI=1S/C22H32FN3O4S/c1-3-14-31(29,30)25-15-20(27)26(19-13-9-8-12-18(19)23)22(2,16-25)21(28)24-17-10-6-4-5-7-11-17/h8-9,12-13,17H,3-7,10-11,14-16H2,1-2H3,(H,24,28). The van der Waals surface area contributed by atoms with Crippen molar-refractivity contribution >= 4 is 27.5 Å². The number of sulfonamides is 1.